The first-order valence-electron chi connectivity index (χ1n) is 4.84. The van der Waals surface area contributed by atoms with Gasteiger partial charge in [0.25, 0.3) is 0 Å². The summed E-state index contributed by atoms with van der Waals surface area (Å²) in [5.74, 6) is -1.03. The van der Waals surface area contributed by atoms with E-state index in [4.69, 9.17) is 4.74 Å². The van der Waals surface area contributed by atoms with Crippen molar-refractivity contribution in [1.29, 1.82) is 0 Å². The van der Waals surface area contributed by atoms with Crippen LogP contribution in [0.15, 0.2) is 0 Å². The number of hydrogen-bond donors (Lipinski definition) is 1. The van der Waals surface area contributed by atoms with Crippen molar-refractivity contribution in [2.45, 2.75) is 66.3 Å². The van der Waals surface area contributed by atoms with E-state index in [1.807, 2.05) is 20.8 Å². The molecule has 0 rings (SSSR count). The quantitative estimate of drug-likeness (QED) is 0.675. The van der Waals surface area contributed by atoms with Crippen LogP contribution in [-0.2, 0) is 4.74 Å². The molecule has 0 aromatic carbocycles. The predicted molar refractivity (Wildman–Crippen MR) is 55.5 cm³/mol. The minimum Gasteiger partial charge on any atom is -0.366 e. The summed E-state index contributed by atoms with van der Waals surface area (Å²) < 4.78 is 5.56. The highest BCUT2D eigenvalue weighted by molar-refractivity contribution is 4.74. The summed E-state index contributed by atoms with van der Waals surface area (Å²) in [6, 6.07) is 0. The standard InChI is InChI=1S/C11H24O2/c1-9(2,3)8-11(7,12)13-10(4,5)6/h12H,8H2,1-7H3. The van der Waals surface area contributed by atoms with Crippen LogP contribution in [0.5, 0.6) is 0 Å². The van der Waals surface area contributed by atoms with Crippen LogP contribution in [0.3, 0.4) is 0 Å². The first-order chi connectivity index (χ1) is 5.41. The van der Waals surface area contributed by atoms with Gasteiger partial charge in [0.2, 0.25) is 0 Å². The lowest BCUT2D eigenvalue weighted by Gasteiger charge is -2.36. The third kappa shape index (κ3) is 8.26. The molecule has 1 N–H and O–H groups in total. The number of rotatable bonds is 2. The van der Waals surface area contributed by atoms with Crippen LogP contribution in [0.4, 0.5) is 0 Å². The molecule has 0 aromatic rings. The molecule has 0 amide bonds. The first-order valence-corrected chi connectivity index (χ1v) is 4.84. The fourth-order valence-electron chi connectivity index (χ4n) is 1.68. The second-order valence-electron chi connectivity index (χ2n) is 6.13. The van der Waals surface area contributed by atoms with Gasteiger partial charge >= 0.3 is 0 Å². The molecule has 0 fully saturated rings. The molecule has 0 bridgehead atoms. The predicted octanol–water partition coefficient (Wildman–Crippen LogP) is 2.95. The lowest BCUT2D eigenvalue weighted by Crippen LogP contribution is -2.40. The van der Waals surface area contributed by atoms with E-state index in [1.54, 1.807) is 6.92 Å². The molecule has 2 heteroatoms. The van der Waals surface area contributed by atoms with Crippen molar-refractivity contribution in [1.82, 2.24) is 0 Å². The molecule has 2 nitrogen and oxygen atoms in total. The van der Waals surface area contributed by atoms with Crippen molar-refractivity contribution in [3.63, 3.8) is 0 Å². The van der Waals surface area contributed by atoms with E-state index < -0.39 is 5.79 Å². The molecule has 0 aliphatic carbocycles. The van der Waals surface area contributed by atoms with Crippen LogP contribution in [0.2, 0.25) is 0 Å². The zero-order valence-corrected chi connectivity index (χ0v) is 10.1. The second-order valence-corrected chi connectivity index (χ2v) is 6.13. The van der Waals surface area contributed by atoms with E-state index >= 15 is 0 Å². The largest absolute Gasteiger partial charge is 0.366 e. The molecule has 80 valence electrons. The van der Waals surface area contributed by atoms with Crippen LogP contribution in [0, 0.1) is 5.41 Å². The summed E-state index contributed by atoms with van der Waals surface area (Å²) in [7, 11) is 0. The Kier molecular flexibility index (Phi) is 3.56. The molecule has 0 radical (unpaired) electrons. The highest BCUT2D eigenvalue weighted by Crippen LogP contribution is 2.30. The molecule has 13 heavy (non-hydrogen) atoms. The molecule has 1 unspecified atom stereocenters. The average molecular weight is 188 g/mol. The van der Waals surface area contributed by atoms with Crippen LogP contribution in [0.1, 0.15) is 54.9 Å². The molecule has 0 heterocycles. The van der Waals surface area contributed by atoms with Crippen molar-refractivity contribution >= 4 is 0 Å². The van der Waals surface area contributed by atoms with Crippen molar-refractivity contribution in [2.24, 2.45) is 5.41 Å². The van der Waals surface area contributed by atoms with E-state index in [0.717, 1.165) is 0 Å². The molecule has 0 aromatic heterocycles. The molecular formula is C11H24O2. The summed E-state index contributed by atoms with van der Waals surface area (Å²) in [5.41, 5.74) is -0.219. The van der Waals surface area contributed by atoms with Crippen LogP contribution < -0.4 is 0 Å². The monoisotopic (exact) mass is 188 g/mol. The highest BCUT2D eigenvalue weighted by Gasteiger charge is 2.32. The normalized spacial score (nSPS) is 18.5. The van der Waals surface area contributed by atoms with Crippen LogP contribution in [-0.4, -0.2) is 16.5 Å². The zero-order chi connectivity index (χ0) is 10.9. The third-order valence-corrected chi connectivity index (χ3v) is 1.38. The van der Waals surface area contributed by atoms with Gasteiger partial charge in [-0.05, 0) is 33.1 Å². The Morgan fingerprint density at radius 1 is 0.923 bits per heavy atom. The lowest BCUT2D eigenvalue weighted by molar-refractivity contribution is -0.253. The van der Waals surface area contributed by atoms with Gasteiger partial charge in [-0.3, -0.25) is 0 Å². The molecule has 0 saturated heterocycles. The van der Waals surface area contributed by atoms with Gasteiger partial charge in [0.15, 0.2) is 5.79 Å². The Bertz CT molecular complexity index is 140. The van der Waals surface area contributed by atoms with Gasteiger partial charge < -0.3 is 9.84 Å². The molecule has 1 atom stereocenters. The Balaban J connectivity index is 4.25. The fraction of sp³-hybridized carbons (Fsp3) is 1.00. The second kappa shape index (κ2) is 3.58. The molecule has 0 aliphatic rings. The minimum atomic E-state index is -1.03. The molecular weight excluding hydrogens is 164 g/mol. The maximum Gasteiger partial charge on any atom is 0.163 e. The number of ether oxygens (including phenoxy) is 1. The molecule has 0 aliphatic heterocycles. The zero-order valence-electron chi connectivity index (χ0n) is 10.1. The Hall–Kier alpha value is -0.0800. The summed E-state index contributed by atoms with van der Waals surface area (Å²) in [6.45, 7) is 13.8. The van der Waals surface area contributed by atoms with Crippen LogP contribution >= 0.6 is 0 Å². The Labute approximate surface area is 82.3 Å². The number of aliphatic hydroxyl groups is 1. The van der Waals surface area contributed by atoms with Gasteiger partial charge in [0, 0.05) is 6.42 Å². The summed E-state index contributed by atoms with van der Waals surface area (Å²) in [4.78, 5) is 0. The van der Waals surface area contributed by atoms with Gasteiger partial charge in [0.05, 0.1) is 5.60 Å². The lowest BCUT2D eigenvalue weighted by atomic mass is 9.88. The van der Waals surface area contributed by atoms with Gasteiger partial charge in [-0.25, -0.2) is 0 Å². The van der Waals surface area contributed by atoms with E-state index in [9.17, 15) is 5.11 Å². The Morgan fingerprint density at radius 2 is 1.31 bits per heavy atom. The topological polar surface area (TPSA) is 29.5 Å². The van der Waals surface area contributed by atoms with Crippen molar-refractivity contribution in [3.8, 4) is 0 Å². The summed E-state index contributed by atoms with van der Waals surface area (Å²) in [5, 5.41) is 9.96. The van der Waals surface area contributed by atoms with Gasteiger partial charge in [-0.15, -0.1) is 0 Å². The first kappa shape index (κ1) is 12.9. The van der Waals surface area contributed by atoms with Gasteiger partial charge in [0.1, 0.15) is 0 Å². The van der Waals surface area contributed by atoms with Crippen molar-refractivity contribution in [2.75, 3.05) is 0 Å². The molecule has 0 spiro atoms. The fourth-order valence-corrected chi connectivity index (χ4v) is 1.68. The SMILES string of the molecule is CC(C)(C)CC(C)(O)OC(C)(C)C. The smallest absolute Gasteiger partial charge is 0.163 e. The third-order valence-electron chi connectivity index (χ3n) is 1.38. The summed E-state index contributed by atoms with van der Waals surface area (Å²) >= 11 is 0. The maximum absolute atomic E-state index is 9.96. The average Bonchev–Trinajstić information content (AvgIpc) is 1.43. The van der Waals surface area contributed by atoms with E-state index in [1.165, 1.54) is 0 Å². The van der Waals surface area contributed by atoms with E-state index in [-0.39, 0.29) is 11.0 Å². The molecule has 0 saturated carbocycles. The number of hydrogen-bond acceptors (Lipinski definition) is 2. The minimum absolute atomic E-state index is 0.0781. The van der Waals surface area contributed by atoms with Gasteiger partial charge in [-0.2, -0.15) is 0 Å². The van der Waals surface area contributed by atoms with E-state index in [0.29, 0.717) is 6.42 Å². The summed E-state index contributed by atoms with van der Waals surface area (Å²) in [6.07, 6.45) is 0.636. The maximum atomic E-state index is 9.96. The van der Waals surface area contributed by atoms with Crippen molar-refractivity contribution in [3.05, 3.63) is 0 Å². The van der Waals surface area contributed by atoms with E-state index in [2.05, 4.69) is 20.8 Å². The Morgan fingerprint density at radius 3 is 1.54 bits per heavy atom. The van der Waals surface area contributed by atoms with Crippen molar-refractivity contribution < 1.29 is 9.84 Å². The van der Waals surface area contributed by atoms with Crippen LogP contribution in [0.25, 0.3) is 0 Å². The van der Waals surface area contributed by atoms with Gasteiger partial charge in [-0.1, -0.05) is 20.8 Å². The highest BCUT2D eigenvalue weighted by atomic mass is 16.6.